The van der Waals surface area contributed by atoms with Gasteiger partial charge in [0.05, 0.1) is 6.26 Å². The number of nitrogens with one attached hydrogen (secondary N) is 1. The van der Waals surface area contributed by atoms with Gasteiger partial charge >= 0.3 is 0 Å². The lowest BCUT2D eigenvalue weighted by Gasteiger charge is -2.18. The Labute approximate surface area is 165 Å². The molecule has 2 aromatic rings. The minimum atomic E-state index is -0.428. The van der Waals surface area contributed by atoms with Crippen molar-refractivity contribution < 1.29 is 9.21 Å². The number of carbonyl (C=O) groups is 1. The lowest BCUT2D eigenvalue weighted by molar-refractivity contribution is -0.112. The average Bonchev–Trinajstić information content (AvgIpc) is 3.06. The maximum absolute atomic E-state index is 11.4. The molecule has 5 nitrogen and oxygen atoms in total. The van der Waals surface area contributed by atoms with E-state index in [0.29, 0.717) is 10.7 Å². The third-order valence-electron chi connectivity index (χ3n) is 4.16. The molecule has 3 rings (SSSR count). The number of hydrogen-bond donors (Lipinski definition) is 1. The molecular formula is C21H24ClN3O2. The molecule has 27 heavy (non-hydrogen) atoms. The highest BCUT2D eigenvalue weighted by Gasteiger charge is 2.11. The summed E-state index contributed by atoms with van der Waals surface area (Å²) in [5, 5.41) is 11.7. The van der Waals surface area contributed by atoms with Crippen molar-refractivity contribution >= 4 is 29.1 Å². The number of carbonyl (C=O) groups excluding carboxylic acids is 1. The van der Waals surface area contributed by atoms with Crippen molar-refractivity contribution in [3.63, 3.8) is 0 Å². The van der Waals surface area contributed by atoms with E-state index in [1.807, 2.05) is 12.1 Å². The summed E-state index contributed by atoms with van der Waals surface area (Å²) in [4.78, 5) is 13.8. The number of hydrogen-bond acceptors (Lipinski definition) is 4. The minimum absolute atomic E-state index is 0.0787. The average molecular weight is 386 g/mol. The van der Waals surface area contributed by atoms with E-state index in [1.165, 1.54) is 31.8 Å². The molecule has 1 fully saturated rings. The highest BCUT2D eigenvalue weighted by atomic mass is 35.5. The van der Waals surface area contributed by atoms with E-state index in [4.69, 9.17) is 21.3 Å². The number of rotatable bonds is 3. The molecule has 2 heterocycles. The molecule has 1 aliphatic heterocycles. The quantitative estimate of drug-likeness (QED) is 0.566. The van der Waals surface area contributed by atoms with Crippen molar-refractivity contribution in [1.82, 2.24) is 0 Å². The second kappa shape index (κ2) is 11.1. The molecule has 0 bridgehead atoms. The summed E-state index contributed by atoms with van der Waals surface area (Å²) in [7, 11) is 0. The number of nitriles is 1. The standard InChI is InChI=1S/C11H9ClN2O.C10H15NO/c1-2-8(7-13)11(15)14-10-5-3-4-9(12)6-10;1-2-4-8-11(7-3-1)10-6-5-9-12-10/h2-6H,1H3,(H,14,15);5-6,9H,1-4,7-8H2/b8-2+;. The summed E-state index contributed by atoms with van der Waals surface area (Å²) >= 11 is 5.74. The Balaban J connectivity index is 0.000000198. The van der Waals surface area contributed by atoms with Gasteiger partial charge in [0.1, 0.15) is 11.6 Å². The Hall–Kier alpha value is -2.71. The van der Waals surface area contributed by atoms with Gasteiger partial charge in [-0.1, -0.05) is 36.6 Å². The molecule has 1 aromatic heterocycles. The highest BCUT2D eigenvalue weighted by Crippen LogP contribution is 2.19. The molecule has 0 atom stereocenters. The van der Waals surface area contributed by atoms with Crippen molar-refractivity contribution in [2.45, 2.75) is 32.6 Å². The monoisotopic (exact) mass is 385 g/mol. The maximum atomic E-state index is 11.4. The van der Waals surface area contributed by atoms with Crippen molar-refractivity contribution in [3.05, 3.63) is 59.3 Å². The Morgan fingerprint density at radius 3 is 2.52 bits per heavy atom. The summed E-state index contributed by atoms with van der Waals surface area (Å²) < 4.78 is 5.35. The van der Waals surface area contributed by atoms with Gasteiger partial charge in [-0.3, -0.25) is 4.79 Å². The SMILES string of the molecule is C/C=C(\C#N)C(=O)Nc1cccc(Cl)c1.c1coc(N2CCCCCC2)c1. The van der Waals surface area contributed by atoms with Gasteiger partial charge < -0.3 is 14.6 Å². The Kier molecular flexibility index (Phi) is 8.47. The van der Waals surface area contributed by atoms with Gasteiger partial charge in [-0.05, 0) is 44.0 Å². The smallest absolute Gasteiger partial charge is 0.265 e. The Morgan fingerprint density at radius 1 is 1.22 bits per heavy atom. The van der Waals surface area contributed by atoms with E-state index in [1.54, 1.807) is 43.5 Å². The number of anilines is 2. The molecular weight excluding hydrogens is 362 g/mol. The molecule has 0 aliphatic carbocycles. The Morgan fingerprint density at radius 2 is 1.96 bits per heavy atom. The minimum Gasteiger partial charge on any atom is -0.449 e. The number of benzene rings is 1. The zero-order valence-electron chi connectivity index (χ0n) is 15.5. The van der Waals surface area contributed by atoms with Gasteiger partial charge in [-0.15, -0.1) is 0 Å². The van der Waals surface area contributed by atoms with Crippen LogP contribution < -0.4 is 10.2 Å². The van der Waals surface area contributed by atoms with E-state index in [0.717, 1.165) is 19.0 Å². The number of allylic oxidation sites excluding steroid dienone is 1. The molecule has 1 aliphatic rings. The molecule has 1 saturated heterocycles. The van der Waals surface area contributed by atoms with Gasteiger partial charge in [0.2, 0.25) is 0 Å². The molecule has 142 valence electrons. The van der Waals surface area contributed by atoms with Crippen LogP contribution in [0.3, 0.4) is 0 Å². The summed E-state index contributed by atoms with van der Waals surface area (Å²) in [6.45, 7) is 3.96. The van der Waals surface area contributed by atoms with Crippen molar-refractivity contribution in [2.24, 2.45) is 0 Å². The molecule has 0 saturated carbocycles. The van der Waals surface area contributed by atoms with Crippen LogP contribution in [-0.4, -0.2) is 19.0 Å². The second-order valence-electron chi connectivity index (χ2n) is 6.13. The first-order valence-corrected chi connectivity index (χ1v) is 9.43. The number of halogens is 1. The van der Waals surface area contributed by atoms with E-state index in [2.05, 4.69) is 10.2 Å². The second-order valence-corrected chi connectivity index (χ2v) is 6.57. The van der Waals surface area contributed by atoms with Crippen molar-refractivity contribution in [1.29, 1.82) is 5.26 Å². The van der Waals surface area contributed by atoms with Crippen molar-refractivity contribution in [3.8, 4) is 6.07 Å². The van der Waals surface area contributed by atoms with E-state index >= 15 is 0 Å². The van der Waals surface area contributed by atoms with Gasteiger partial charge in [0, 0.05) is 29.9 Å². The summed E-state index contributed by atoms with van der Waals surface area (Å²) in [6.07, 6.45) is 8.57. The molecule has 6 heteroatoms. The van der Waals surface area contributed by atoms with Crippen LogP contribution in [0.25, 0.3) is 0 Å². The summed E-state index contributed by atoms with van der Waals surface area (Å²) in [6, 6.07) is 12.6. The zero-order valence-corrected chi connectivity index (χ0v) is 16.2. The van der Waals surface area contributed by atoms with E-state index in [9.17, 15) is 4.79 Å². The highest BCUT2D eigenvalue weighted by molar-refractivity contribution is 6.31. The molecule has 0 unspecified atom stereocenters. The lowest BCUT2D eigenvalue weighted by Crippen LogP contribution is -2.23. The summed E-state index contributed by atoms with van der Waals surface area (Å²) in [5.41, 5.74) is 0.650. The fourth-order valence-corrected chi connectivity index (χ4v) is 2.94. The van der Waals surface area contributed by atoms with Crippen LogP contribution in [0.5, 0.6) is 0 Å². The third kappa shape index (κ3) is 6.84. The topological polar surface area (TPSA) is 69.3 Å². The van der Waals surface area contributed by atoms with Crippen LogP contribution in [0.4, 0.5) is 11.6 Å². The first-order chi connectivity index (χ1) is 13.1. The molecule has 1 amide bonds. The first-order valence-electron chi connectivity index (χ1n) is 9.06. The van der Waals surface area contributed by atoms with Crippen LogP contribution in [0.2, 0.25) is 5.02 Å². The number of furan rings is 1. The van der Waals surface area contributed by atoms with Crippen molar-refractivity contribution in [2.75, 3.05) is 23.3 Å². The first kappa shape index (κ1) is 20.6. The molecule has 1 aromatic carbocycles. The van der Waals surface area contributed by atoms with Crippen LogP contribution in [-0.2, 0) is 4.79 Å². The van der Waals surface area contributed by atoms with Gasteiger partial charge in [-0.25, -0.2) is 0 Å². The van der Waals surface area contributed by atoms with Crippen LogP contribution >= 0.6 is 11.6 Å². The van der Waals surface area contributed by atoms with E-state index in [-0.39, 0.29) is 5.57 Å². The number of amides is 1. The van der Waals surface area contributed by atoms with Crippen LogP contribution in [0, 0.1) is 11.3 Å². The van der Waals surface area contributed by atoms with Gasteiger partial charge in [-0.2, -0.15) is 5.26 Å². The van der Waals surface area contributed by atoms with Gasteiger partial charge in [0.25, 0.3) is 5.91 Å². The fraction of sp³-hybridized carbons (Fsp3) is 0.333. The Bertz CT molecular complexity index is 786. The maximum Gasteiger partial charge on any atom is 0.265 e. The van der Waals surface area contributed by atoms with Crippen LogP contribution in [0.15, 0.2) is 58.7 Å². The third-order valence-corrected chi connectivity index (χ3v) is 4.40. The number of nitrogens with zero attached hydrogens (tertiary/aromatic N) is 2. The predicted molar refractivity (Wildman–Crippen MR) is 109 cm³/mol. The lowest BCUT2D eigenvalue weighted by atomic mass is 10.2. The molecule has 0 spiro atoms. The molecule has 0 radical (unpaired) electrons. The normalized spacial score (nSPS) is 14.4. The predicted octanol–water partition coefficient (Wildman–Crippen LogP) is 5.41. The van der Waals surface area contributed by atoms with Crippen LogP contribution in [0.1, 0.15) is 32.6 Å². The fourth-order valence-electron chi connectivity index (χ4n) is 2.75. The van der Waals surface area contributed by atoms with E-state index < -0.39 is 5.91 Å². The summed E-state index contributed by atoms with van der Waals surface area (Å²) in [5.74, 6) is 0.610. The largest absolute Gasteiger partial charge is 0.449 e. The molecule has 1 N–H and O–H groups in total. The van der Waals surface area contributed by atoms with Gasteiger partial charge in [0.15, 0.2) is 5.88 Å². The zero-order chi connectivity index (χ0) is 19.5.